The minimum Gasteiger partial charge on any atom is -0.378 e. The second kappa shape index (κ2) is 9.57. The van der Waals surface area contributed by atoms with Gasteiger partial charge in [-0.1, -0.05) is 17.7 Å². The van der Waals surface area contributed by atoms with Gasteiger partial charge in [0.2, 0.25) is 0 Å². The third kappa shape index (κ3) is 5.46. The van der Waals surface area contributed by atoms with Crippen LogP contribution in [0.3, 0.4) is 0 Å². The van der Waals surface area contributed by atoms with Crippen molar-refractivity contribution in [3.8, 4) is 0 Å². The van der Waals surface area contributed by atoms with Crippen LogP contribution in [0.4, 0.5) is 22.1 Å². The second-order valence-corrected chi connectivity index (χ2v) is 6.89. The van der Waals surface area contributed by atoms with E-state index in [0.29, 0.717) is 42.8 Å². The van der Waals surface area contributed by atoms with E-state index in [1.807, 2.05) is 26.0 Å². The van der Waals surface area contributed by atoms with Crippen LogP contribution in [0, 0.1) is 13.8 Å². The average Bonchev–Trinajstić information content (AvgIpc) is 2.69. The van der Waals surface area contributed by atoms with Gasteiger partial charge in [-0.05, 0) is 31.5 Å². The number of urea groups is 1. The fraction of sp³-hybridized carbons (Fsp3) is 0.421. The fourth-order valence-electron chi connectivity index (χ4n) is 2.87. The Hall–Kier alpha value is -2.58. The minimum atomic E-state index is -0.278. The summed E-state index contributed by atoms with van der Waals surface area (Å²) in [5.74, 6) is 2.33. The largest absolute Gasteiger partial charge is 0.378 e. The highest BCUT2D eigenvalue weighted by molar-refractivity contribution is 6.31. The first kappa shape index (κ1) is 20.2. The van der Waals surface area contributed by atoms with Crippen LogP contribution in [0.1, 0.15) is 11.4 Å². The molecule has 28 heavy (non-hydrogen) atoms. The fourth-order valence-corrected chi connectivity index (χ4v) is 3.05. The molecule has 8 nitrogen and oxygen atoms in total. The molecular formula is C19H25ClN6O2. The summed E-state index contributed by atoms with van der Waals surface area (Å²) in [6, 6.07) is 7.05. The molecular weight excluding hydrogens is 380 g/mol. The number of nitrogens with one attached hydrogen (secondary N) is 3. The van der Waals surface area contributed by atoms with Gasteiger partial charge in [-0.3, -0.25) is 0 Å². The van der Waals surface area contributed by atoms with Gasteiger partial charge in [0.1, 0.15) is 17.5 Å². The number of carbonyl (C=O) groups excluding carboxylic acids is 1. The summed E-state index contributed by atoms with van der Waals surface area (Å²) in [5.41, 5.74) is 1.53. The third-order valence-electron chi connectivity index (χ3n) is 4.39. The van der Waals surface area contributed by atoms with Gasteiger partial charge in [-0.2, -0.15) is 0 Å². The number of aromatic nitrogens is 2. The van der Waals surface area contributed by atoms with E-state index >= 15 is 0 Å². The lowest BCUT2D eigenvalue weighted by Crippen LogP contribution is -2.37. The predicted molar refractivity (Wildman–Crippen MR) is 112 cm³/mol. The zero-order valence-corrected chi connectivity index (χ0v) is 16.8. The van der Waals surface area contributed by atoms with E-state index in [1.165, 1.54) is 0 Å². The SMILES string of the molecule is Cc1nc(NCCNC(=O)Nc2cccc(Cl)c2C)cc(N2CCOCC2)n1. The second-order valence-electron chi connectivity index (χ2n) is 6.48. The van der Waals surface area contributed by atoms with E-state index in [-0.39, 0.29) is 6.03 Å². The van der Waals surface area contributed by atoms with E-state index < -0.39 is 0 Å². The zero-order chi connectivity index (χ0) is 19.9. The van der Waals surface area contributed by atoms with Crippen molar-refractivity contribution in [1.82, 2.24) is 15.3 Å². The van der Waals surface area contributed by atoms with Gasteiger partial charge in [0, 0.05) is 43.0 Å². The molecule has 1 aromatic carbocycles. The Bertz CT molecular complexity index is 826. The van der Waals surface area contributed by atoms with Gasteiger partial charge < -0.3 is 25.6 Å². The molecule has 0 spiro atoms. The minimum absolute atomic E-state index is 0.278. The molecule has 2 heterocycles. The van der Waals surface area contributed by atoms with E-state index in [1.54, 1.807) is 12.1 Å². The highest BCUT2D eigenvalue weighted by Gasteiger charge is 2.14. The standard InChI is InChI=1S/C19H25ClN6O2/c1-13-15(20)4-3-5-16(13)25-19(27)22-7-6-21-17-12-18(24-14(2)23-17)26-8-10-28-11-9-26/h3-5,12H,6-11H2,1-2H3,(H,21,23,24)(H2,22,25,27). The van der Waals surface area contributed by atoms with Gasteiger partial charge >= 0.3 is 6.03 Å². The van der Waals surface area contributed by atoms with Gasteiger partial charge in [-0.15, -0.1) is 0 Å². The lowest BCUT2D eigenvalue weighted by Gasteiger charge is -2.28. The Kier molecular flexibility index (Phi) is 6.89. The molecule has 0 radical (unpaired) electrons. The topological polar surface area (TPSA) is 91.4 Å². The maximum absolute atomic E-state index is 12.1. The number of nitrogens with zero attached hydrogens (tertiary/aromatic N) is 3. The number of rotatable bonds is 6. The molecule has 0 atom stereocenters. The molecule has 1 aliphatic heterocycles. The molecule has 1 saturated heterocycles. The molecule has 2 amide bonds. The number of anilines is 3. The van der Waals surface area contributed by atoms with E-state index in [9.17, 15) is 4.79 Å². The molecule has 2 aromatic rings. The molecule has 3 rings (SSSR count). The van der Waals surface area contributed by atoms with Crippen LogP contribution in [-0.4, -0.2) is 55.4 Å². The first-order valence-electron chi connectivity index (χ1n) is 9.25. The molecule has 3 N–H and O–H groups in total. The van der Waals surface area contributed by atoms with Crippen LogP contribution in [0.5, 0.6) is 0 Å². The van der Waals surface area contributed by atoms with Crippen molar-refractivity contribution in [3.63, 3.8) is 0 Å². The lowest BCUT2D eigenvalue weighted by atomic mass is 10.2. The van der Waals surface area contributed by atoms with Crippen molar-refractivity contribution in [3.05, 3.63) is 40.7 Å². The number of amides is 2. The monoisotopic (exact) mass is 404 g/mol. The molecule has 9 heteroatoms. The van der Waals surface area contributed by atoms with Crippen LogP contribution in [-0.2, 0) is 4.74 Å². The Labute approximate surface area is 169 Å². The molecule has 150 valence electrons. The summed E-state index contributed by atoms with van der Waals surface area (Å²) < 4.78 is 5.39. The van der Waals surface area contributed by atoms with E-state index in [4.69, 9.17) is 16.3 Å². The van der Waals surface area contributed by atoms with Crippen LogP contribution in [0.2, 0.25) is 5.02 Å². The average molecular weight is 405 g/mol. The van der Waals surface area contributed by atoms with Crippen molar-refractivity contribution in [2.75, 3.05) is 54.9 Å². The molecule has 1 aromatic heterocycles. The number of ether oxygens (including phenoxy) is 1. The first-order chi connectivity index (χ1) is 13.5. The van der Waals surface area contributed by atoms with Crippen LogP contribution in [0.15, 0.2) is 24.3 Å². The summed E-state index contributed by atoms with van der Waals surface area (Å²) in [7, 11) is 0. The maximum atomic E-state index is 12.1. The van der Waals surface area contributed by atoms with Crippen molar-refractivity contribution < 1.29 is 9.53 Å². The number of aryl methyl sites for hydroxylation is 1. The number of hydrogen-bond donors (Lipinski definition) is 3. The van der Waals surface area contributed by atoms with E-state index in [2.05, 4.69) is 30.8 Å². The number of morpholine rings is 1. The number of halogens is 1. The van der Waals surface area contributed by atoms with Crippen molar-refractivity contribution in [1.29, 1.82) is 0 Å². The van der Waals surface area contributed by atoms with Crippen molar-refractivity contribution in [2.24, 2.45) is 0 Å². The molecule has 0 saturated carbocycles. The highest BCUT2D eigenvalue weighted by atomic mass is 35.5. The lowest BCUT2D eigenvalue weighted by molar-refractivity contribution is 0.122. The van der Waals surface area contributed by atoms with Gasteiger partial charge in [0.25, 0.3) is 0 Å². The first-order valence-corrected chi connectivity index (χ1v) is 9.63. The van der Waals surface area contributed by atoms with Gasteiger partial charge in [0.05, 0.1) is 13.2 Å². The summed E-state index contributed by atoms with van der Waals surface area (Å²) in [4.78, 5) is 23.2. The molecule has 1 aliphatic rings. The van der Waals surface area contributed by atoms with Crippen molar-refractivity contribution in [2.45, 2.75) is 13.8 Å². The molecule has 0 unspecified atom stereocenters. The molecule has 0 aliphatic carbocycles. The normalized spacial score (nSPS) is 13.9. The molecule has 0 bridgehead atoms. The van der Waals surface area contributed by atoms with Crippen LogP contribution in [0.25, 0.3) is 0 Å². The van der Waals surface area contributed by atoms with Crippen LogP contribution < -0.4 is 20.9 Å². The summed E-state index contributed by atoms with van der Waals surface area (Å²) in [5, 5.41) is 9.47. The Morgan fingerprint density at radius 3 is 2.79 bits per heavy atom. The third-order valence-corrected chi connectivity index (χ3v) is 4.80. The maximum Gasteiger partial charge on any atom is 0.319 e. The van der Waals surface area contributed by atoms with Gasteiger partial charge in [-0.25, -0.2) is 14.8 Å². The quantitative estimate of drug-likeness (QED) is 0.641. The van der Waals surface area contributed by atoms with E-state index in [0.717, 1.165) is 30.3 Å². The smallest absolute Gasteiger partial charge is 0.319 e. The molecule has 1 fully saturated rings. The zero-order valence-electron chi connectivity index (χ0n) is 16.1. The summed E-state index contributed by atoms with van der Waals surface area (Å²) in [6.45, 7) is 7.77. The highest BCUT2D eigenvalue weighted by Crippen LogP contribution is 2.22. The number of benzene rings is 1. The number of hydrogen-bond acceptors (Lipinski definition) is 6. The Balaban J connectivity index is 1.47. The predicted octanol–water partition coefficient (Wildman–Crippen LogP) is 2.82. The summed E-state index contributed by atoms with van der Waals surface area (Å²) in [6.07, 6.45) is 0. The van der Waals surface area contributed by atoms with Gasteiger partial charge in [0.15, 0.2) is 0 Å². The summed E-state index contributed by atoms with van der Waals surface area (Å²) >= 11 is 6.07. The Morgan fingerprint density at radius 2 is 2.00 bits per heavy atom. The number of carbonyl (C=O) groups is 1. The van der Waals surface area contributed by atoms with Crippen LogP contribution >= 0.6 is 11.6 Å². The Morgan fingerprint density at radius 1 is 1.21 bits per heavy atom. The van der Waals surface area contributed by atoms with Crippen molar-refractivity contribution >= 4 is 35.0 Å².